The lowest BCUT2D eigenvalue weighted by atomic mass is 10.2. The van der Waals surface area contributed by atoms with Crippen LogP contribution in [-0.4, -0.2) is 34.9 Å². The molecule has 0 N–H and O–H groups in total. The fraction of sp³-hybridized carbons (Fsp3) is 0.267. The average molecular weight is 288 g/mol. The number of para-hydroxylation sites is 1. The van der Waals surface area contributed by atoms with Gasteiger partial charge in [-0.1, -0.05) is 18.2 Å². The molecule has 0 saturated carbocycles. The molecule has 6 nitrogen and oxygen atoms in total. The quantitative estimate of drug-likeness (QED) is 0.789. The number of hydrogen-bond donors (Lipinski definition) is 0. The predicted molar refractivity (Wildman–Crippen MR) is 75.5 cm³/mol. The number of carbonyl (C=O) groups is 2. The van der Waals surface area contributed by atoms with Crippen LogP contribution in [0.4, 0.5) is 0 Å². The summed E-state index contributed by atoms with van der Waals surface area (Å²) in [6.45, 7) is 3.82. The van der Waals surface area contributed by atoms with Crippen LogP contribution in [0.25, 0.3) is 5.69 Å². The smallest absolute Gasteiger partial charge is 0.359 e. The van der Waals surface area contributed by atoms with Crippen LogP contribution in [0.1, 0.15) is 34.7 Å². The highest BCUT2D eigenvalue weighted by molar-refractivity contribution is 6.01. The Bertz CT molecular complexity index is 599. The minimum absolute atomic E-state index is 0.0425. The Morgan fingerprint density at radius 3 is 2.29 bits per heavy atom. The Balaban J connectivity index is 2.44. The van der Waals surface area contributed by atoms with Gasteiger partial charge in [-0.2, -0.15) is 5.10 Å². The van der Waals surface area contributed by atoms with Crippen molar-refractivity contribution in [2.75, 3.05) is 13.2 Å². The Kier molecular flexibility index (Phi) is 4.71. The molecular weight excluding hydrogens is 272 g/mol. The molecule has 0 aliphatic rings. The molecule has 0 atom stereocenters. The first-order valence-corrected chi connectivity index (χ1v) is 6.66. The number of rotatable bonds is 5. The average Bonchev–Trinajstić information content (AvgIpc) is 2.94. The van der Waals surface area contributed by atoms with Crippen molar-refractivity contribution in [3.8, 4) is 5.69 Å². The lowest BCUT2D eigenvalue weighted by Crippen LogP contribution is -2.13. The van der Waals surface area contributed by atoms with E-state index in [0.29, 0.717) is 0 Å². The molecule has 0 radical (unpaired) electrons. The molecule has 0 bridgehead atoms. The highest BCUT2D eigenvalue weighted by Crippen LogP contribution is 2.15. The molecule has 0 amide bonds. The molecule has 2 rings (SSSR count). The van der Waals surface area contributed by atoms with Crippen molar-refractivity contribution in [2.24, 2.45) is 0 Å². The largest absolute Gasteiger partial charge is 0.462 e. The summed E-state index contributed by atoms with van der Waals surface area (Å²) in [5.74, 6) is -1.24. The lowest BCUT2D eigenvalue weighted by Gasteiger charge is -2.01. The Hall–Kier alpha value is -2.63. The summed E-state index contributed by atoms with van der Waals surface area (Å²) in [6, 6.07) is 9.18. The predicted octanol–water partition coefficient (Wildman–Crippen LogP) is 2.23. The maximum Gasteiger partial charge on any atom is 0.359 e. The van der Waals surface area contributed by atoms with E-state index in [-0.39, 0.29) is 24.5 Å². The first kappa shape index (κ1) is 14.8. The van der Waals surface area contributed by atoms with Crippen LogP contribution in [0, 0.1) is 0 Å². The first-order chi connectivity index (χ1) is 10.2. The minimum Gasteiger partial charge on any atom is -0.462 e. The van der Waals surface area contributed by atoms with Crippen molar-refractivity contribution in [3.63, 3.8) is 0 Å². The van der Waals surface area contributed by atoms with Gasteiger partial charge in [-0.15, -0.1) is 0 Å². The van der Waals surface area contributed by atoms with Gasteiger partial charge in [0.2, 0.25) is 0 Å². The summed E-state index contributed by atoms with van der Waals surface area (Å²) >= 11 is 0. The molecule has 0 unspecified atom stereocenters. The van der Waals surface area contributed by atoms with Gasteiger partial charge in [0, 0.05) is 6.20 Å². The van der Waals surface area contributed by atoms with Crippen molar-refractivity contribution < 1.29 is 19.1 Å². The van der Waals surface area contributed by atoms with Crippen molar-refractivity contribution in [1.29, 1.82) is 0 Å². The van der Waals surface area contributed by atoms with Crippen molar-refractivity contribution in [2.45, 2.75) is 13.8 Å². The van der Waals surface area contributed by atoms with Gasteiger partial charge in [0.05, 0.1) is 18.9 Å². The fourth-order valence-electron chi connectivity index (χ4n) is 1.80. The monoisotopic (exact) mass is 288 g/mol. The summed E-state index contributed by atoms with van der Waals surface area (Å²) in [5, 5.41) is 4.14. The third-order valence-corrected chi connectivity index (χ3v) is 2.70. The molecule has 1 aromatic heterocycles. The number of nitrogens with zero attached hydrogens (tertiary/aromatic N) is 2. The van der Waals surface area contributed by atoms with E-state index in [1.54, 1.807) is 13.8 Å². The lowest BCUT2D eigenvalue weighted by molar-refractivity contribution is 0.0475. The molecule has 0 aliphatic carbocycles. The zero-order valence-corrected chi connectivity index (χ0v) is 11.9. The van der Waals surface area contributed by atoms with Gasteiger partial charge in [-0.3, -0.25) is 0 Å². The van der Waals surface area contributed by atoms with E-state index in [4.69, 9.17) is 9.47 Å². The second-order valence-electron chi connectivity index (χ2n) is 4.11. The van der Waals surface area contributed by atoms with Gasteiger partial charge >= 0.3 is 11.9 Å². The molecule has 0 saturated heterocycles. The van der Waals surface area contributed by atoms with Crippen molar-refractivity contribution in [3.05, 3.63) is 47.8 Å². The number of benzene rings is 1. The Morgan fingerprint density at radius 2 is 1.67 bits per heavy atom. The first-order valence-electron chi connectivity index (χ1n) is 6.66. The van der Waals surface area contributed by atoms with Gasteiger partial charge in [0.25, 0.3) is 0 Å². The highest BCUT2D eigenvalue weighted by Gasteiger charge is 2.24. The molecule has 1 aromatic carbocycles. The van der Waals surface area contributed by atoms with Crippen LogP contribution in [0.2, 0.25) is 0 Å². The van der Waals surface area contributed by atoms with Crippen molar-refractivity contribution in [1.82, 2.24) is 9.78 Å². The second kappa shape index (κ2) is 6.69. The van der Waals surface area contributed by atoms with Gasteiger partial charge in [-0.05, 0) is 26.0 Å². The number of ether oxygens (including phenoxy) is 2. The van der Waals surface area contributed by atoms with Gasteiger partial charge in [0.15, 0.2) is 5.69 Å². The zero-order chi connectivity index (χ0) is 15.2. The third-order valence-electron chi connectivity index (χ3n) is 2.70. The summed E-state index contributed by atoms with van der Waals surface area (Å²) in [6.07, 6.45) is 1.47. The SMILES string of the molecule is CCOC(=O)c1cn(-c2ccccc2)nc1C(=O)OCC. The van der Waals surface area contributed by atoms with Crippen LogP contribution in [0.5, 0.6) is 0 Å². The molecule has 0 spiro atoms. The van der Waals surface area contributed by atoms with E-state index in [1.807, 2.05) is 30.3 Å². The summed E-state index contributed by atoms with van der Waals surface area (Å²) in [7, 11) is 0. The maximum atomic E-state index is 11.9. The standard InChI is InChI=1S/C15H16N2O4/c1-3-20-14(18)12-10-17(11-8-6-5-7-9-11)16-13(12)15(19)21-4-2/h5-10H,3-4H2,1-2H3. The molecule has 110 valence electrons. The molecule has 0 aliphatic heterocycles. The maximum absolute atomic E-state index is 11.9. The Morgan fingerprint density at radius 1 is 1.05 bits per heavy atom. The van der Waals surface area contributed by atoms with Crippen LogP contribution >= 0.6 is 0 Å². The van der Waals surface area contributed by atoms with E-state index in [2.05, 4.69) is 5.10 Å². The number of aromatic nitrogens is 2. The van der Waals surface area contributed by atoms with Crippen LogP contribution < -0.4 is 0 Å². The Labute approximate surface area is 122 Å². The molecular formula is C15H16N2O4. The number of esters is 2. The topological polar surface area (TPSA) is 70.4 Å². The minimum atomic E-state index is -0.643. The van der Waals surface area contributed by atoms with Crippen LogP contribution in [0.15, 0.2) is 36.5 Å². The van der Waals surface area contributed by atoms with Crippen LogP contribution in [0.3, 0.4) is 0 Å². The van der Waals surface area contributed by atoms with E-state index < -0.39 is 11.9 Å². The molecule has 1 heterocycles. The zero-order valence-electron chi connectivity index (χ0n) is 11.9. The number of carbonyl (C=O) groups excluding carboxylic acids is 2. The molecule has 0 fully saturated rings. The summed E-state index contributed by atoms with van der Waals surface area (Å²) in [4.78, 5) is 23.8. The van der Waals surface area contributed by atoms with E-state index >= 15 is 0 Å². The van der Waals surface area contributed by atoms with E-state index in [0.717, 1.165) is 5.69 Å². The van der Waals surface area contributed by atoms with E-state index in [9.17, 15) is 9.59 Å². The summed E-state index contributed by atoms with van der Waals surface area (Å²) < 4.78 is 11.3. The fourth-order valence-corrected chi connectivity index (χ4v) is 1.80. The van der Waals surface area contributed by atoms with Gasteiger partial charge in [-0.25, -0.2) is 14.3 Å². The molecule has 2 aromatic rings. The third kappa shape index (κ3) is 3.28. The summed E-state index contributed by atoms with van der Waals surface area (Å²) in [5.41, 5.74) is 0.789. The highest BCUT2D eigenvalue weighted by atomic mass is 16.5. The number of hydrogen-bond acceptors (Lipinski definition) is 5. The molecule has 6 heteroatoms. The normalized spacial score (nSPS) is 10.2. The van der Waals surface area contributed by atoms with Gasteiger partial charge in [0.1, 0.15) is 5.56 Å². The van der Waals surface area contributed by atoms with Crippen LogP contribution in [-0.2, 0) is 9.47 Å². The van der Waals surface area contributed by atoms with Gasteiger partial charge < -0.3 is 9.47 Å². The van der Waals surface area contributed by atoms with E-state index in [1.165, 1.54) is 10.9 Å². The molecule has 21 heavy (non-hydrogen) atoms. The second-order valence-corrected chi connectivity index (χ2v) is 4.11. The van der Waals surface area contributed by atoms with Crippen molar-refractivity contribution >= 4 is 11.9 Å².